The molecule has 2 aromatic rings. The number of nitrogens with one attached hydrogen (secondary N) is 1. The SMILES string of the molecule is Cc1c(NN)nc(C2CC2)nc1Sc1ccccc1Cl. The minimum Gasteiger partial charge on any atom is -0.308 e. The topological polar surface area (TPSA) is 63.8 Å². The first-order valence-electron chi connectivity index (χ1n) is 6.46. The molecule has 3 rings (SSSR count). The molecule has 0 radical (unpaired) electrons. The van der Waals surface area contributed by atoms with Crippen LogP contribution in [-0.2, 0) is 0 Å². The number of nitrogens with zero attached hydrogens (tertiary/aromatic N) is 2. The summed E-state index contributed by atoms with van der Waals surface area (Å²) in [6.45, 7) is 1.96. The second-order valence-corrected chi connectivity index (χ2v) is 6.25. The molecule has 1 aliphatic carbocycles. The normalized spacial score (nSPS) is 14.3. The van der Waals surface area contributed by atoms with Crippen LogP contribution in [0.5, 0.6) is 0 Å². The molecule has 0 saturated heterocycles. The average molecular weight is 307 g/mol. The summed E-state index contributed by atoms with van der Waals surface area (Å²) in [5, 5.41) is 1.63. The van der Waals surface area contributed by atoms with Crippen LogP contribution < -0.4 is 11.3 Å². The fraction of sp³-hybridized carbons (Fsp3) is 0.286. The Morgan fingerprint density at radius 3 is 2.70 bits per heavy atom. The van der Waals surface area contributed by atoms with Gasteiger partial charge in [0.2, 0.25) is 0 Å². The van der Waals surface area contributed by atoms with Crippen molar-refractivity contribution in [2.45, 2.75) is 35.6 Å². The van der Waals surface area contributed by atoms with Crippen molar-refractivity contribution in [3.05, 3.63) is 40.7 Å². The van der Waals surface area contributed by atoms with Gasteiger partial charge in [-0.15, -0.1) is 0 Å². The Morgan fingerprint density at radius 1 is 1.30 bits per heavy atom. The Balaban J connectivity index is 1.99. The largest absolute Gasteiger partial charge is 0.308 e. The third-order valence-electron chi connectivity index (χ3n) is 3.24. The van der Waals surface area contributed by atoms with Crippen molar-refractivity contribution < 1.29 is 0 Å². The highest BCUT2D eigenvalue weighted by molar-refractivity contribution is 7.99. The summed E-state index contributed by atoms with van der Waals surface area (Å²) in [5.41, 5.74) is 3.61. The molecule has 20 heavy (non-hydrogen) atoms. The molecule has 1 aromatic heterocycles. The van der Waals surface area contributed by atoms with E-state index < -0.39 is 0 Å². The molecule has 1 aliphatic rings. The molecule has 1 heterocycles. The maximum atomic E-state index is 6.21. The predicted octanol–water partition coefficient (Wildman–Crippen LogP) is 3.75. The van der Waals surface area contributed by atoms with Crippen molar-refractivity contribution in [2.24, 2.45) is 5.84 Å². The van der Waals surface area contributed by atoms with E-state index in [1.165, 1.54) is 0 Å². The summed E-state index contributed by atoms with van der Waals surface area (Å²) in [5.74, 6) is 7.60. The summed E-state index contributed by atoms with van der Waals surface area (Å²) in [4.78, 5) is 10.1. The number of aromatic nitrogens is 2. The first-order valence-corrected chi connectivity index (χ1v) is 7.66. The first kappa shape index (κ1) is 13.7. The number of rotatable bonds is 4. The summed E-state index contributed by atoms with van der Waals surface area (Å²) < 4.78 is 0. The van der Waals surface area contributed by atoms with E-state index >= 15 is 0 Å². The lowest BCUT2D eigenvalue weighted by Crippen LogP contribution is -2.13. The summed E-state index contributed by atoms with van der Waals surface area (Å²) in [6.07, 6.45) is 2.31. The number of hydrogen-bond donors (Lipinski definition) is 2. The van der Waals surface area contributed by atoms with E-state index in [2.05, 4.69) is 15.4 Å². The van der Waals surface area contributed by atoms with Gasteiger partial charge in [-0.1, -0.05) is 35.5 Å². The maximum Gasteiger partial charge on any atom is 0.147 e. The Morgan fingerprint density at radius 2 is 2.05 bits per heavy atom. The zero-order chi connectivity index (χ0) is 14.1. The number of nitrogen functional groups attached to an aromatic ring is 1. The van der Waals surface area contributed by atoms with E-state index in [0.717, 1.165) is 39.2 Å². The highest BCUT2D eigenvalue weighted by atomic mass is 35.5. The van der Waals surface area contributed by atoms with Crippen molar-refractivity contribution in [2.75, 3.05) is 5.43 Å². The van der Waals surface area contributed by atoms with Crippen LogP contribution in [0.2, 0.25) is 5.02 Å². The van der Waals surface area contributed by atoms with Gasteiger partial charge in [-0.3, -0.25) is 0 Å². The first-order chi connectivity index (χ1) is 9.69. The van der Waals surface area contributed by atoms with E-state index in [4.69, 9.17) is 17.4 Å². The lowest BCUT2D eigenvalue weighted by atomic mass is 10.3. The summed E-state index contributed by atoms with van der Waals surface area (Å²) in [7, 11) is 0. The Hall–Kier alpha value is -1.30. The second kappa shape index (κ2) is 5.60. The number of hydrogen-bond acceptors (Lipinski definition) is 5. The molecule has 0 bridgehead atoms. The summed E-state index contributed by atoms with van der Waals surface area (Å²) >= 11 is 7.76. The van der Waals surface area contributed by atoms with Crippen molar-refractivity contribution in [1.82, 2.24) is 9.97 Å². The van der Waals surface area contributed by atoms with Crippen LogP contribution >= 0.6 is 23.4 Å². The van der Waals surface area contributed by atoms with Crippen molar-refractivity contribution in [3.8, 4) is 0 Å². The Bertz CT molecular complexity index is 643. The molecular formula is C14H15ClN4S. The molecule has 1 saturated carbocycles. The highest BCUT2D eigenvalue weighted by Gasteiger charge is 2.28. The lowest BCUT2D eigenvalue weighted by molar-refractivity contribution is 0.862. The van der Waals surface area contributed by atoms with Gasteiger partial charge in [0, 0.05) is 16.4 Å². The summed E-state index contributed by atoms with van der Waals surface area (Å²) in [6, 6.07) is 7.75. The lowest BCUT2D eigenvalue weighted by Gasteiger charge is -2.12. The molecule has 0 atom stereocenters. The monoisotopic (exact) mass is 306 g/mol. The molecule has 0 aliphatic heterocycles. The number of benzene rings is 1. The minimum atomic E-state index is 0.480. The molecule has 1 aromatic carbocycles. The number of hydrazine groups is 1. The van der Waals surface area contributed by atoms with Gasteiger partial charge in [0.1, 0.15) is 16.7 Å². The predicted molar refractivity (Wildman–Crippen MR) is 82.1 cm³/mol. The van der Waals surface area contributed by atoms with E-state index in [1.807, 2.05) is 31.2 Å². The fourth-order valence-corrected chi connectivity index (χ4v) is 3.07. The molecular weight excluding hydrogens is 292 g/mol. The second-order valence-electron chi connectivity index (χ2n) is 4.81. The molecule has 1 fully saturated rings. The number of anilines is 1. The van der Waals surface area contributed by atoms with Crippen LogP contribution in [0.15, 0.2) is 34.2 Å². The number of nitrogens with two attached hydrogens (primary N) is 1. The van der Waals surface area contributed by atoms with Crippen LogP contribution in [0.3, 0.4) is 0 Å². The van der Waals surface area contributed by atoms with Gasteiger partial charge in [0.05, 0.1) is 5.02 Å². The van der Waals surface area contributed by atoms with Gasteiger partial charge in [-0.25, -0.2) is 15.8 Å². The smallest absolute Gasteiger partial charge is 0.147 e. The van der Waals surface area contributed by atoms with Gasteiger partial charge in [0.15, 0.2) is 0 Å². The Kier molecular flexibility index (Phi) is 3.83. The van der Waals surface area contributed by atoms with Gasteiger partial charge in [0.25, 0.3) is 0 Å². The van der Waals surface area contributed by atoms with E-state index in [0.29, 0.717) is 11.7 Å². The third kappa shape index (κ3) is 2.75. The van der Waals surface area contributed by atoms with E-state index in [9.17, 15) is 0 Å². The minimum absolute atomic E-state index is 0.480. The van der Waals surface area contributed by atoms with Gasteiger partial charge >= 0.3 is 0 Å². The van der Waals surface area contributed by atoms with Gasteiger partial charge in [-0.05, 0) is 31.9 Å². The van der Waals surface area contributed by atoms with Crippen molar-refractivity contribution in [3.63, 3.8) is 0 Å². The van der Waals surface area contributed by atoms with Gasteiger partial charge in [-0.2, -0.15) is 0 Å². The quantitative estimate of drug-likeness (QED) is 0.511. The van der Waals surface area contributed by atoms with E-state index in [-0.39, 0.29) is 0 Å². The Labute approximate surface area is 127 Å². The molecule has 0 amide bonds. The zero-order valence-corrected chi connectivity index (χ0v) is 12.6. The molecule has 104 valence electrons. The average Bonchev–Trinajstić information content (AvgIpc) is 3.28. The van der Waals surface area contributed by atoms with Crippen LogP contribution in [0.25, 0.3) is 0 Å². The molecule has 0 unspecified atom stereocenters. The fourth-order valence-electron chi connectivity index (χ4n) is 1.91. The molecule has 3 N–H and O–H groups in total. The van der Waals surface area contributed by atoms with Crippen LogP contribution in [-0.4, -0.2) is 9.97 Å². The van der Waals surface area contributed by atoms with Crippen LogP contribution in [0.1, 0.15) is 30.1 Å². The van der Waals surface area contributed by atoms with Crippen molar-refractivity contribution >= 4 is 29.2 Å². The number of halogens is 1. The molecule has 4 nitrogen and oxygen atoms in total. The molecule has 6 heteroatoms. The molecule has 0 spiro atoms. The third-order valence-corrected chi connectivity index (χ3v) is 4.85. The maximum absolute atomic E-state index is 6.21. The van der Waals surface area contributed by atoms with Crippen molar-refractivity contribution in [1.29, 1.82) is 0 Å². The van der Waals surface area contributed by atoms with Crippen LogP contribution in [0, 0.1) is 6.92 Å². The zero-order valence-electron chi connectivity index (χ0n) is 11.1. The highest BCUT2D eigenvalue weighted by Crippen LogP contribution is 2.41. The van der Waals surface area contributed by atoms with E-state index in [1.54, 1.807) is 11.8 Å². The van der Waals surface area contributed by atoms with Crippen LogP contribution in [0.4, 0.5) is 5.82 Å². The standard InChI is InChI=1S/C14H15ClN4S/c1-8-12(19-16)17-13(9-6-7-9)18-14(8)20-11-5-3-2-4-10(11)15/h2-5,9H,6-7,16H2,1H3,(H,17,18,19). The van der Waals surface area contributed by atoms with Gasteiger partial charge < -0.3 is 5.43 Å².